The first-order chi connectivity index (χ1) is 14.8. The molecule has 0 unspecified atom stereocenters. The Labute approximate surface area is 177 Å². The van der Waals surface area contributed by atoms with Gasteiger partial charge in [-0.25, -0.2) is 0 Å². The second-order valence-electron chi connectivity index (χ2n) is 6.96. The first kappa shape index (κ1) is 31.5. The van der Waals surface area contributed by atoms with E-state index in [2.05, 4.69) is 4.74 Å². The molecule has 0 radical (unpaired) electrons. The monoisotopic (exact) mass is 576 g/mol. The fraction of sp³-hybridized carbons (Fsp3) is 1.00. The maximum absolute atomic E-state index is 13.5. The maximum atomic E-state index is 13.5. The number of epoxide rings is 1. The standard InChI is InChI=1S/C13H5F21O/c14-4(15,1-3-2-35-3)5(16,17)6(18,19)7(20,21)8(22,23)9(24,25)10(26,27)11(28,29)12(30,31)13(32,33)34/h3H,1-2H2/t3-/m1/s1. The molecule has 0 aliphatic carbocycles. The predicted octanol–water partition coefficient (Wildman–Crippen LogP) is 7.06. The Kier molecular flexibility index (Phi) is 6.98. The van der Waals surface area contributed by atoms with Crippen molar-refractivity contribution in [3.63, 3.8) is 0 Å². The molecule has 1 nitrogen and oxygen atoms in total. The van der Waals surface area contributed by atoms with Crippen LogP contribution in [-0.4, -0.2) is 72.2 Å². The zero-order valence-electron chi connectivity index (χ0n) is 15.3. The summed E-state index contributed by atoms with van der Waals surface area (Å²) in [7, 11) is 0. The average molecular weight is 576 g/mol. The Morgan fingerprint density at radius 3 is 0.857 bits per heavy atom. The van der Waals surface area contributed by atoms with Crippen LogP contribution in [0.1, 0.15) is 6.42 Å². The molecule has 1 atom stereocenters. The van der Waals surface area contributed by atoms with Gasteiger partial charge in [-0.1, -0.05) is 0 Å². The summed E-state index contributed by atoms with van der Waals surface area (Å²) in [6.45, 7) is -0.920. The van der Waals surface area contributed by atoms with Gasteiger partial charge in [0.15, 0.2) is 0 Å². The van der Waals surface area contributed by atoms with Gasteiger partial charge >= 0.3 is 59.5 Å². The molecule has 1 rings (SSSR count). The summed E-state index contributed by atoms with van der Waals surface area (Å²) < 4.78 is 279. The number of ether oxygens (including phenoxy) is 1. The van der Waals surface area contributed by atoms with Crippen LogP contribution in [0.5, 0.6) is 0 Å². The molecule has 1 fully saturated rings. The van der Waals surface area contributed by atoms with E-state index in [-0.39, 0.29) is 0 Å². The Morgan fingerprint density at radius 1 is 0.400 bits per heavy atom. The van der Waals surface area contributed by atoms with E-state index in [1.807, 2.05) is 0 Å². The molecule has 0 aromatic rings. The molecule has 0 N–H and O–H groups in total. The predicted molar refractivity (Wildman–Crippen MR) is 64.9 cm³/mol. The third-order valence-electron chi connectivity index (χ3n) is 4.46. The minimum absolute atomic E-state index is 0.920. The second-order valence-corrected chi connectivity index (χ2v) is 6.96. The molecule has 0 aromatic heterocycles. The molecule has 0 saturated carbocycles. The highest BCUT2D eigenvalue weighted by atomic mass is 19.4. The van der Waals surface area contributed by atoms with E-state index in [4.69, 9.17) is 0 Å². The Hall–Kier alpha value is -1.51. The van der Waals surface area contributed by atoms with Crippen LogP contribution in [0.3, 0.4) is 0 Å². The molecule has 35 heavy (non-hydrogen) atoms. The first-order valence-electron chi connectivity index (χ1n) is 7.91. The van der Waals surface area contributed by atoms with Crippen LogP contribution in [0.4, 0.5) is 92.2 Å². The number of hydrogen-bond acceptors (Lipinski definition) is 1. The van der Waals surface area contributed by atoms with Gasteiger partial charge in [0.25, 0.3) is 0 Å². The molecule has 0 aromatic carbocycles. The molecule has 0 amide bonds. The average Bonchev–Trinajstić information content (AvgIpc) is 3.42. The molecule has 0 bridgehead atoms. The molecule has 1 aliphatic rings. The van der Waals surface area contributed by atoms with Gasteiger partial charge in [0.05, 0.1) is 12.7 Å². The number of rotatable bonds is 10. The van der Waals surface area contributed by atoms with E-state index in [0.29, 0.717) is 0 Å². The van der Waals surface area contributed by atoms with Crippen molar-refractivity contribution < 1.29 is 96.9 Å². The molecule has 22 heteroatoms. The summed E-state index contributed by atoms with van der Waals surface area (Å²) in [6.07, 6.45) is -12.8. The Bertz CT molecular complexity index is 788. The highest BCUT2D eigenvalue weighted by molar-refractivity contribution is 5.18. The van der Waals surface area contributed by atoms with Crippen LogP contribution >= 0.6 is 0 Å². The second kappa shape index (κ2) is 7.75. The van der Waals surface area contributed by atoms with Gasteiger partial charge < -0.3 is 4.74 Å². The molecular weight excluding hydrogens is 571 g/mol. The van der Waals surface area contributed by atoms with Gasteiger partial charge in [-0.2, -0.15) is 92.2 Å². The van der Waals surface area contributed by atoms with Gasteiger partial charge in [-0.05, 0) is 0 Å². The lowest BCUT2D eigenvalue weighted by Crippen LogP contribution is -2.76. The minimum Gasteiger partial charge on any atom is -0.373 e. The Balaban J connectivity index is 3.68. The summed E-state index contributed by atoms with van der Waals surface area (Å²) in [5.74, 6) is -76.5. The van der Waals surface area contributed by atoms with Crippen LogP contribution < -0.4 is 0 Å². The van der Waals surface area contributed by atoms with Gasteiger partial charge in [0, 0.05) is 6.42 Å². The number of alkyl halides is 21. The van der Waals surface area contributed by atoms with Gasteiger partial charge in [-0.3, -0.25) is 0 Å². The maximum Gasteiger partial charge on any atom is 0.460 e. The van der Waals surface area contributed by atoms with Crippen molar-refractivity contribution in [2.75, 3.05) is 6.61 Å². The molecule has 210 valence electrons. The smallest absolute Gasteiger partial charge is 0.373 e. The SMILES string of the molecule is FC(F)(F)C(F)(F)C(F)(F)C(F)(F)C(F)(F)C(F)(F)C(F)(F)C(F)(F)C(F)(F)C(F)(F)C[C@@H]1CO1. The van der Waals surface area contributed by atoms with Crippen LogP contribution in [0.15, 0.2) is 0 Å². The van der Waals surface area contributed by atoms with Crippen LogP contribution in [-0.2, 0) is 4.74 Å². The quantitative estimate of drug-likeness (QED) is 0.201. The summed E-state index contributed by atoms with van der Waals surface area (Å²) in [4.78, 5) is 0. The lowest BCUT2D eigenvalue weighted by Gasteiger charge is -2.44. The summed E-state index contributed by atoms with van der Waals surface area (Å²) in [5, 5.41) is 0. The van der Waals surface area contributed by atoms with E-state index in [0.717, 1.165) is 0 Å². The zero-order valence-corrected chi connectivity index (χ0v) is 15.3. The van der Waals surface area contributed by atoms with Crippen molar-refractivity contribution in [1.29, 1.82) is 0 Å². The first-order valence-corrected chi connectivity index (χ1v) is 7.91. The minimum atomic E-state index is -9.14. The fourth-order valence-corrected chi connectivity index (χ4v) is 2.19. The van der Waals surface area contributed by atoms with Crippen molar-refractivity contribution in [1.82, 2.24) is 0 Å². The largest absolute Gasteiger partial charge is 0.460 e. The zero-order chi connectivity index (χ0) is 28.7. The lowest BCUT2D eigenvalue weighted by molar-refractivity contribution is -0.474. The molecule has 1 heterocycles. The van der Waals surface area contributed by atoms with Crippen molar-refractivity contribution in [3.8, 4) is 0 Å². The van der Waals surface area contributed by atoms with Crippen LogP contribution in [0.2, 0.25) is 0 Å². The molecule has 0 spiro atoms. The summed E-state index contributed by atoms with van der Waals surface area (Å²) >= 11 is 0. The third-order valence-corrected chi connectivity index (χ3v) is 4.46. The van der Waals surface area contributed by atoms with Gasteiger partial charge in [0.2, 0.25) is 0 Å². The van der Waals surface area contributed by atoms with Gasteiger partial charge in [0.1, 0.15) is 0 Å². The van der Waals surface area contributed by atoms with E-state index in [9.17, 15) is 92.2 Å². The third kappa shape index (κ3) is 3.95. The number of hydrogen-bond donors (Lipinski definition) is 0. The van der Waals surface area contributed by atoms with Crippen LogP contribution in [0, 0.1) is 0 Å². The molecular formula is C13H5F21O. The van der Waals surface area contributed by atoms with Crippen molar-refractivity contribution in [2.24, 2.45) is 0 Å². The van der Waals surface area contributed by atoms with Crippen molar-refractivity contribution in [2.45, 2.75) is 72.0 Å². The highest BCUT2D eigenvalue weighted by Crippen LogP contribution is 2.66. The topological polar surface area (TPSA) is 12.5 Å². The van der Waals surface area contributed by atoms with Gasteiger partial charge in [-0.15, -0.1) is 0 Å². The lowest BCUT2D eigenvalue weighted by atomic mass is 9.85. The van der Waals surface area contributed by atoms with E-state index in [1.165, 1.54) is 0 Å². The van der Waals surface area contributed by atoms with Crippen molar-refractivity contribution >= 4 is 0 Å². The van der Waals surface area contributed by atoms with E-state index < -0.39 is 78.6 Å². The highest BCUT2D eigenvalue weighted by Gasteiger charge is 2.97. The van der Waals surface area contributed by atoms with Crippen molar-refractivity contribution in [3.05, 3.63) is 0 Å². The normalized spacial score (nSPS) is 20.3. The summed E-state index contributed by atoms with van der Waals surface area (Å²) in [6, 6.07) is 0. The fourth-order valence-electron chi connectivity index (χ4n) is 2.19. The van der Waals surface area contributed by atoms with E-state index >= 15 is 0 Å². The molecule has 1 saturated heterocycles. The molecule has 1 aliphatic heterocycles. The summed E-state index contributed by atoms with van der Waals surface area (Å²) in [5.41, 5.74) is 0. The Morgan fingerprint density at radius 2 is 0.629 bits per heavy atom. The van der Waals surface area contributed by atoms with Crippen LogP contribution in [0.25, 0.3) is 0 Å². The van der Waals surface area contributed by atoms with E-state index in [1.54, 1.807) is 0 Å². The number of halogens is 21.